The Kier molecular flexibility index (Phi) is 6.01. The summed E-state index contributed by atoms with van der Waals surface area (Å²) in [6.07, 6.45) is 0.0482. The highest BCUT2D eigenvalue weighted by Crippen LogP contribution is 2.36. The van der Waals surface area contributed by atoms with Gasteiger partial charge in [0.2, 0.25) is 11.8 Å². The third kappa shape index (κ3) is 4.16. The Labute approximate surface area is 168 Å². The number of para-hydroxylation sites is 1. The molecule has 1 fully saturated rings. The van der Waals surface area contributed by atoms with E-state index in [0.29, 0.717) is 22.9 Å². The van der Waals surface area contributed by atoms with E-state index in [2.05, 4.69) is 5.32 Å². The summed E-state index contributed by atoms with van der Waals surface area (Å²) >= 11 is 0. The van der Waals surface area contributed by atoms with Gasteiger partial charge in [-0.1, -0.05) is 12.1 Å². The lowest BCUT2D eigenvalue weighted by molar-refractivity contribution is -0.122. The number of nitrogens with one attached hydrogen (secondary N) is 1. The van der Waals surface area contributed by atoms with Gasteiger partial charge >= 0.3 is 5.97 Å². The molecule has 0 unspecified atom stereocenters. The van der Waals surface area contributed by atoms with Crippen molar-refractivity contribution in [2.75, 3.05) is 38.1 Å². The number of carbonyl (C=O) groups is 3. The van der Waals surface area contributed by atoms with Crippen LogP contribution in [0, 0.1) is 5.92 Å². The first-order valence-corrected chi connectivity index (χ1v) is 8.99. The van der Waals surface area contributed by atoms with Crippen molar-refractivity contribution in [3.8, 4) is 11.5 Å². The fourth-order valence-electron chi connectivity index (χ4n) is 3.24. The first-order valence-electron chi connectivity index (χ1n) is 8.99. The topological polar surface area (TPSA) is 94.2 Å². The smallest absolute Gasteiger partial charge is 0.339 e. The average molecular weight is 398 g/mol. The van der Waals surface area contributed by atoms with Crippen molar-refractivity contribution in [2.45, 2.75) is 6.42 Å². The summed E-state index contributed by atoms with van der Waals surface area (Å²) in [5, 5.41) is 2.74. The average Bonchev–Trinajstić information content (AvgIpc) is 3.14. The molecule has 1 saturated heterocycles. The maximum Gasteiger partial charge on any atom is 0.339 e. The lowest BCUT2D eigenvalue weighted by atomic mass is 10.1. The van der Waals surface area contributed by atoms with Gasteiger partial charge in [0.25, 0.3) is 0 Å². The standard InChI is InChI=1S/C21H22N2O6/c1-27-14-8-9-18(28-2)17(11-14)23-12-13(10-19(23)24)20(25)22-16-7-5-4-6-15(16)21(26)29-3/h4-9,11,13H,10,12H2,1-3H3,(H,22,25)/t13-/m0/s1. The van der Waals surface area contributed by atoms with Gasteiger partial charge in [-0.3, -0.25) is 9.59 Å². The van der Waals surface area contributed by atoms with Crippen molar-refractivity contribution < 1.29 is 28.6 Å². The monoisotopic (exact) mass is 398 g/mol. The van der Waals surface area contributed by atoms with Crippen LogP contribution < -0.4 is 19.7 Å². The number of hydrogen-bond acceptors (Lipinski definition) is 6. The fraction of sp³-hybridized carbons (Fsp3) is 0.286. The molecule has 2 amide bonds. The predicted molar refractivity (Wildman–Crippen MR) is 106 cm³/mol. The molecule has 2 aromatic carbocycles. The lowest BCUT2D eigenvalue weighted by Crippen LogP contribution is -2.28. The molecule has 0 aliphatic carbocycles. The predicted octanol–water partition coefficient (Wildman–Crippen LogP) is 2.48. The molecule has 0 spiro atoms. The molecule has 0 aromatic heterocycles. The van der Waals surface area contributed by atoms with Crippen LogP contribution in [0.15, 0.2) is 42.5 Å². The van der Waals surface area contributed by atoms with Crippen molar-refractivity contribution in [3.63, 3.8) is 0 Å². The normalized spacial score (nSPS) is 15.8. The third-order valence-corrected chi connectivity index (χ3v) is 4.76. The molecule has 0 radical (unpaired) electrons. The Hall–Kier alpha value is -3.55. The highest BCUT2D eigenvalue weighted by atomic mass is 16.5. The van der Waals surface area contributed by atoms with Crippen LogP contribution in [-0.2, 0) is 14.3 Å². The summed E-state index contributed by atoms with van der Waals surface area (Å²) in [6.45, 7) is 0.189. The number of ether oxygens (including phenoxy) is 3. The van der Waals surface area contributed by atoms with Crippen molar-refractivity contribution in [2.24, 2.45) is 5.92 Å². The van der Waals surface area contributed by atoms with Crippen LogP contribution in [0.1, 0.15) is 16.8 Å². The molecule has 0 bridgehead atoms. The number of hydrogen-bond donors (Lipinski definition) is 1. The number of benzene rings is 2. The molecule has 8 heteroatoms. The Bertz CT molecular complexity index is 943. The zero-order valence-electron chi connectivity index (χ0n) is 16.4. The van der Waals surface area contributed by atoms with Gasteiger partial charge in [-0.2, -0.15) is 0 Å². The zero-order valence-corrected chi connectivity index (χ0v) is 16.4. The minimum Gasteiger partial charge on any atom is -0.497 e. The van der Waals surface area contributed by atoms with Gasteiger partial charge in [-0.15, -0.1) is 0 Å². The highest BCUT2D eigenvalue weighted by Gasteiger charge is 2.36. The summed E-state index contributed by atoms with van der Waals surface area (Å²) in [7, 11) is 4.32. The quantitative estimate of drug-likeness (QED) is 0.752. The SMILES string of the molecule is COC(=O)c1ccccc1NC(=O)[C@H]1CC(=O)N(c2cc(OC)ccc2OC)C1. The molecule has 1 N–H and O–H groups in total. The van der Waals surface area contributed by atoms with Crippen LogP contribution in [-0.4, -0.2) is 45.7 Å². The van der Waals surface area contributed by atoms with Crippen molar-refractivity contribution >= 4 is 29.2 Å². The molecule has 3 rings (SSSR count). The van der Waals surface area contributed by atoms with Crippen LogP contribution >= 0.6 is 0 Å². The number of amides is 2. The first kappa shape index (κ1) is 20.2. The Morgan fingerprint density at radius 1 is 1.07 bits per heavy atom. The van der Waals surface area contributed by atoms with E-state index in [-0.39, 0.29) is 30.3 Å². The number of methoxy groups -OCH3 is 3. The van der Waals surface area contributed by atoms with Gasteiger partial charge in [0.15, 0.2) is 0 Å². The van der Waals surface area contributed by atoms with Crippen molar-refractivity contribution in [1.29, 1.82) is 0 Å². The van der Waals surface area contributed by atoms with E-state index >= 15 is 0 Å². The Balaban J connectivity index is 1.79. The van der Waals surface area contributed by atoms with Gasteiger partial charge < -0.3 is 24.4 Å². The Morgan fingerprint density at radius 3 is 2.52 bits per heavy atom. The molecule has 1 atom stereocenters. The molecule has 2 aromatic rings. The van der Waals surface area contributed by atoms with E-state index in [0.717, 1.165) is 0 Å². The number of esters is 1. The first-order chi connectivity index (χ1) is 14.0. The molecule has 1 aliphatic heterocycles. The van der Waals surface area contributed by atoms with E-state index in [4.69, 9.17) is 14.2 Å². The number of rotatable bonds is 6. The number of nitrogens with zero attached hydrogens (tertiary/aromatic N) is 1. The molecule has 1 aliphatic rings. The zero-order chi connectivity index (χ0) is 21.0. The van der Waals surface area contributed by atoms with Gasteiger partial charge in [0, 0.05) is 19.0 Å². The van der Waals surface area contributed by atoms with Gasteiger partial charge in [0.05, 0.1) is 44.2 Å². The maximum atomic E-state index is 12.8. The largest absolute Gasteiger partial charge is 0.497 e. The van der Waals surface area contributed by atoms with Crippen LogP contribution in [0.4, 0.5) is 11.4 Å². The van der Waals surface area contributed by atoms with Gasteiger partial charge in [0.1, 0.15) is 11.5 Å². The molecule has 0 saturated carbocycles. The molecule has 1 heterocycles. The van der Waals surface area contributed by atoms with Crippen molar-refractivity contribution in [1.82, 2.24) is 0 Å². The summed E-state index contributed by atoms with van der Waals surface area (Å²) in [4.78, 5) is 38.8. The van der Waals surface area contributed by atoms with Crippen LogP contribution in [0.5, 0.6) is 11.5 Å². The molecule has 152 valence electrons. The summed E-state index contributed by atoms with van der Waals surface area (Å²) in [5.74, 6) is -0.586. The van der Waals surface area contributed by atoms with E-state index < -0.39 is 11.9 Å². The van der Waals surface area contributed by atoms with E-state index in [1.54, 1.807) is 42.5 Å². The van der Waals surface area contributed by atoms with Crippen molar-refractivity contribution in [3.05, 3.63) is 48.0 Å². The lowest BCUT2D eigenvalue weighted by Gasteiger charge is -2.20. The van der Waals surface area contributed by atoms with Gasteiger partial charge in [-0.05, 0) is 24.3 Å². The second-order valence-corrected chi connectivity index (χ2v) is 6.47. The maximum absolute atomic E-state index is 12.8. The van der Waals surface area contributed by atoms with Crippen LogP contribution in [0.2, 0.25) is 0 Å². The fourth-order valence-corrected chi connectivity index (χ4v) is 3.24. The highest BCUT2D eigenvalue weighted by molar-refractivity contribution is 6.06. The molecular formula is C21H22N2O6. The minimum absolute atomic E-state index is 0.0482. The van der Waals surface area contributed by atoms with Crippen LogP contribution in [0.3, 0.4) is 0 Å². The van der Waals surface area contributed by atoms with Gasteiger partial charge in [-0.25, -0.2) is 4.79 Å². The van der Waals surface area contributed by atoms with Crippen LogP contribution in [0.25, 0.3) is 0 Å². The summed E-state index contributed by atoms with van der Waals surface area (Å²) in [6, 6.07) is 11.7. The van der Waals surface area contributed by atoms with E-state index in [1.165, 1.54) is 26.2 Å². The van der Waals surface area contributed by atoms with E-state index in [9.17, 15) is 14.4 Å². The second-order valence-electron chi connectivity index (χ2n) is 6.47. The van der Waals surface area contributed by atoms with E-state index in [1.807, 2.05) is 0 Å². The number of anilines is 2. The number of carbonyl (C=O) groups excluding carboxylic acids is 3. The molecular weight excluding hydrogens is 376 g/mol. The summed E-state index contributed by atoms with van der Waals surface area (Å²) in [5.41, 5.74) is 1.13. The minimum atomic E-state index is -0.580. The molecule has 8 nitrogen and oxygen atoms in total. The second kappa shape index (κ2) is 8.64. The third-order valence-electron chi connectivity index (χ3n) is 4.76. The Morgan fingerprint density at radius 2 is 1.83 bits per heavy atom. The summed E-state index contributed by atoms with van der Waals surface area (Å²) < 4.78 is 15.3. The molecule has 29 heavy (non-hydrogen) atoms.